The molecule has 1 aromatic heterocycles. The largest absolute Gasteiger partial charge is 0.488 e. The van der Waals surface area contributed by atoms with Crippen molar-refractivity contribution in [1.29, 1.82) is 0 Å². The van der Waals surface area contributed by atoms with Crippen molar-refractivity contribution in [2.75, 3.05) is 13.1 Å². The summed E-state index contributed by atoms with van der Waals surface area (Å²) in [5.74, 6) is 1.40. The Labute approximate surface area is 142 Å². The number of benzene rings is 1. The van der Waals surface area contributed by atoms with Crippen LogP contribution >= 0.6 is 11.3 Å². The van der Waals surface area contributed by atoms with Crippen molar-refractivity contribution in [2.45, 2.75) is 32.8 Å². The average molecular weight is 331 g/mol. The molecule has 3 N–H and O–H groups in total. The van der Waals surface area contributed by atoms with Crippen LogP contribution in [0, 0.1) is 6.92 Å². The lowest BCUT2D eigenvalue weighted by Gasteiger charge is -2.17. The fourth-order valence-electron chi connectivity index (χ4n) is 2.14. The first-order chi connectivity index (χ1) is 11.2. The molecule has 1 heterocycles. The van der Waals surface area contributed by atoms with Gasteiger partial charge in [0.15, 0.2) is 5.96 Å². The maximum atomic E-state index is 6.02. The van der Waals surface area contributed by atoms with Gasteiger partial charge in [0.25, 0.3) is 0 Å². The number of ether oxygens (including phenoxy) is 1. The van der Waals surface area contributed by atoms with Crippen LogP contribution in [0.2, 0.25) is 0 Å². The van der Waals surface area contributed by atoms with E-state index in [0.717, 1.165) is 30.7 Å². The monoisotopic (exact) mass is 331 g/mol. The number of guanidine groups is 1. The molecule has 1 atom stereocenters. The van der Waals surface area contributed by atoms with Gasteiger partial charge in [-0.1, -0.05) is 31.2 Å². The Morgan fingerprint density at radius 3 is 2.83 bits per heavy atom. The first-order valence-electron chi connectivity index (χ1n) is 7.97. The van der Waals surface area contributed by atoms with Gasteiger partial charge in [0.2, 0.25) is 0 Å². The number of thiophene rings is 1. The molecule has 2 rings (SSSR count). The molecule has 124 valence electrons. The van der Waals surface area contributed by atoms with Crippen molar-refractivity contribution >= 4 is 17.3 Å². The van der Waals surface area contributed by atoms with Gasteiger partial charge in [0.1, 0.15) is 11.9 Å². The van der Waals surface area contributed by atoms with Gasteiger partial charge >= 0.3 is 0 Å². The zero-order valence-electron chi connectivity index (χ0n) is 13.8. The van der Waals surface area contributed by atoms with Crippen LogP contribution in [0.1, 0.15) is 23.8 Å². The lowest BCUT2D eigenvalue weighted by atomic mass is 10.2. The van der Waals surface area contributed by atoms with Crippen molar-refractivity contribution in [2.24, 2.45) is 10.7 Å². The molecule has 4 nitrogen and oxygen atoms in total. The summed E-state index contributed by atoms with van der Waals surface area (Å²) in [6.07, 6.45) is 1.89. The number of hydrogen-bond donors (Lipinski definition) is 2. The van der Waals surface area contributed by atoms with Gasteiger partial charge in [-0.2, -0.15) is 0 Å². The molecule has 0 amide bonds. The van der Waals surface area contributed by atoms with Crippen LogP contribution in [0.25, 0.3) is 0 Å². The third-order valence-corrected chi connectivity index (χ3v) is 4.50. The molecule has 5 heteroatoms. The van der Waals surface area contributed by atoms with E-state index in [2.05, 4.69) is 34.7 Å². The van der Waals surface area contributed by atoms with E-state index in [1.165, 1.54) is 4.88 Å². The Hall–Kier alpha value is -2.01. The van der Waals surface area contributed by atoms with Crippen LogP contribution in [0.5, 0.6) is 5.75 Å². The molecule has 23 heavy (non-hydrogen) atoms. The summed E-state index contributed by atoms with van der Waals surface area (Å²) in [6, 6.07) is 12.2. The van der Waals surface area contributed by atoms with Crippen molar-refractivity contribution in [3.63, 3.8) is 0 Å². The second kappa shape index (κ2) is 9.20. The summed E-state index contributed by atoms with van der Waals surface area (Å²) < 4.78 is 6.02. The van der Waals surface area contributed by atoms with Gasteiger partial charge in [0, 0.05) is 11.4 Å². The zero-order valence-corrected chi connectivity index (χ0v) is 14.6. The van der Waals surface area contributed by atoms with Gasteiger partial charge in [-0.3, -0.25) is 0 Å². The van der Waals surface area contributed by atoms with E-state index >= 15 is 0 Å². The molecule has 0 aliphatic rings. The molecule has 0 saturated carbocycles. The standard InChI is InChI=1S/C18H25N3OS/c1-3-15(22-17-9-5-4-7-14(17)2)13-21-18(19)20-11-10-16-8-6-12-23-16/h4-9,12,15H,3,10-11,13H2,1-2H3,(H3,19,20,21). The van der Waals surface area contributed by atoms with Crippen molar-refractivity contribution in [3.8, 4) is 5.75 Å². The molecular weight excluding hydrogens is 306 g/mol. The predicted octanol–water partition coefficient (Wildman–Crippen LogP) is 3.36. The highest BCUT2D eigenvalue weighted by atomic mass is 32.1. The fraction of sp³-hybridized carbons (Fsp3) is 0.389. The topological polar surface area (TPSA) is 59.6 Å². The highest BCUT2D eigenvalue weighted by Gasteiger charge is 2.09. The highest BCUT2D eigenvalue weighted by molar-refractivity contribution is 7.09. The van der Waals surface area contributed by atoms with Crippen molar-refractivity contribution < 1.29 is 4.74 Å². The average Bonchev–Trinajstić information content (AvgIpc) is 3.06. The summed E-state index contributed by atoms with van der Waals surface area (Å²) in [7, 11) is 0. The van der Waals surface area contributed by atoms with E-state index in [9.17, 15) is 0 Å². The maximum absolute atomic E-state index is 6.02. The van der Waals surface area contributed by atoms with Gasteiger partial charge in [-0.15, -0.1) is 11.3 Å². The SMILES string of the molecule is CCC(CN=C(N)NCCc1cccs1)Oc1ccccc1C. The lowest BCUT2D eigenvalue weighted by molar-refractivity contribution is 0.204. The van der Waals surface area contributed by atoms with Gasteiger partial charge in [0.05, 0.1) is 6.54 Å². The van der Waals surface area contributed by atoms with E-state index in [1.807, 2.05) is 31.2 Å². The van der Waals surface area contributed by atoms with Gasteiger partial charge in [-0.25, -0.2) is 4.99 Å². The Morgan fingerprint density at radius 2 is 2.13 bits per heavy atom. The van der Waals surface area contributed by atoms with E-state index in [1.54, 1.807) is 11.3 Å². The lowest BCUT2D eigenvalue weighted by Crippen LogP contribution is -2.34. The number of aryl methyl sites for hydroxylation is 1. The molecule has 0 aliphatic heterocycles. The number of aliphatic imine (C=N–C) groups is 1. The van der Waals surface area contributed by atoms with Gasteiger partial charge in [-0.05, 0) is 42.8 Å². The van der Waals surface area contributed by atoms with Crippen molar-refractivity contribution in [3.05, 3.63) is 52.2 Å². The number of nitrogens with zero attached hydrogens (tertiary/aromatic N) is 1. The number of hydrogen-bond acceptors (Lipinski definition) is 3. The highest BCUT2D eigenvalue weighted by Crippen LogP contribution is 2.18. The summed E-state index contributed by atoms with van der Waals surface area (Å²) in [4.78, 5) is 5.75. The normalized spacial score (nSPS) is 12.9. The Bertz CT molecular complexity index is 610. The molecule has 0 radical (unpaired) electrons. The van der Waals surface area contributed by atoms with Crippen LogP contribution in [-0.2, 0) is 6.42 Å². The number of nitrogens with two attached hydrogens (primary N) is 1. The molecule has 0 fully saturated rings. The van der Waals surface area contributed by atoms with Crippen LogP contribution in [0.4, 0.5) is 0 Å². The molecule has 0 saturated heterocycles. The quantitative estimate of drug-likeness (QED) is 0.576. The number of nitrogens with one attached hydrogen (secondary N) is 1. The molecule has 0 spiro atoms. The third-order valence-electron chi connectivity index (χ3n) is 3.57. The minimum Gasteiger partial charge on any atom is -0.488 e. The smallest absolute Gasteiger partial charge is 0.188 e. The summed E-state index contributed by atoms with van der Waals surface area (Å²) in [5, 5.41) is 5.24. The number of rotatable bonds is 8. The first-order valence-corrected chi connectivity index (χ1v) is 8.85. The summed E-state index contributed by atoms with van der Waals surface area (Å²) in [6.45, 7) is 5.50. The Balaban J connectivity index is 1.77. The van der Waals surface area contributed by atoms with Crippen LogP contribution in [0.3, 0.4) is 0 Å². The van der Waals surface area contributed by atoms with E-state index in [4.69, 9.17) is 10.5 Å². The minimum atomic E-state index is 0.0359. The van der Waals surface area contributed by atoms with Crippen LogP contribution in [-0.4, -0.2) is 25.2 Å². The summed E-state index contributed by atoms with van der Waals surface area (Å²) >= 11 is 1.76. The maximum Gasteiger partial charge on any atom is 0.188 e. The third kappa shape index (κ3) is 5.94. The second-order valence-electron chi connectivity index (χ2n) is 5.40. The summed E-state index contributed by atoms with van der Waals surface area (Å²) in [5.41, 5.74) is 7.06. The Morgan fingerprint density at radius 1 is 1.30 bits per heavy atom. The second-order valence-corrected chi connectivity index (χ2v) is 6.43. The molecule has 1 unspecified atom stereocenters. The molecular formula is C18H25N3OS. The van der Waals surface area contributed by atoms with E-state index in [0.29, 0.717) is 12.5 Å². The molecule has 0 aliphatic carbocycles. The molecule has 1 aromatic carbocycles. The van der Waals surface area contributed by atoms with Crippen LogP contribution in [0.15, 0.2) is 46.8 Å². The zero-order chi connectivity index (χ0) is 16.5. The van der Waals surface area contributed by atoms with Crippen molar-refractivity contribution in [1.82, 2.24) is 5.32 Å². The van der Waals surface area contributed by atoms with Crippen LogP contribution < -0.4 is 15.8 Å². The fourth-order valence-corrected chi connectivity index (χ4v) is 2.85. The number of para-hydroxylation sites is 1. The van der Waals surface area contributed by atoms with Gasteiger partial charge < -0.3 is 15.8 Å². The van der Waals surface area contributed by atoms with E-state index in [-0.39, 0.29) is 6.10 Å². The predicted molar refractivity (Wildman–Crippen MR) is 98.4 cm³/mol. The minimum absolute atomic E-state index is 0.0359. The molecule has 0 bridgehead atoms. The molecule has 2 aromatic rings. The first kappa shape index (κ1) is 17.3. The Kier molecular flexibility index (Phi) is 6.94. The van der Waals surface area contributed by atoms with E-state index < -0.39 is 0 Å².